The molecule has 5 heteroatoms. The van der Waals surface area contributed by atoms with E-state index in [1.807, 2.05) is 26.0 Å². The quantitative estimate of drug-likeness (QED) is 0.495. The van der Waals surface area contributed by atoms with Gasteiger partial charge in [-0.1, -0.05) is 19.8 Å². The van der Waals surface area contributed by atoms with Gasteiger partial charge in [0.15, 0.2) is 5.78 Å². The molecule has 2 atom stereocenters. The molecule has 0 aromatic heterocycles. The van der Waals surface area contributed by atoms with Gasteiger partial charge in [-0.3, -0.25) is 9.59 Å². The van der Waals surface area contributed by atoms with Crippen LogP contribution in [0.2, 0.25) is 0 Å². The van der Waals surface area contributed by atoms with Crippen LogP contribution in [-0.2, 0) is 9.53 Å². The van der Waals surface area contributed by atoms with E-state index < -0.39 is 0 Å². The summed E-state index contributed by atoms with van der Waals surface area (Å²) in [6, 6.07) is 7.21. The zero-order valence-corrected chi connectivity index (χ0v) is 16.2. The maximum absolute atomic E-state index is 12.3. The van der Waals surface area contributed by atoms with Gasteiger partial charge >= 0.3 is 0 Å². The van der Waals surface area contributed by atoms with Crippen molar-refractivity contribution in [3.63, 3.8) is 0 Å². The number of rotatable bonds is 9. The minimum atomic E-state index is -0.00904. The SMILES string of the molecule is CCCCCOc1ccc(C(=O)CCC(=O)N2CC(C)OC(C)C2)cc1. The molecule has 2 rings (SSSR count). The van der Waals surface area contributed by atoms with Crippen molar-refractivity contribution in [2.45, 2.75) is 65.1 Å². The van der Waals surface area contributed by atoms with E-state index in [0.29, 0.717) is 25.3 Å². The smallest absolute Gasteiger partial charge is 0.223 e. The van der Waals surface area contributed by atoms with Gasteiger partial charge < -0.3 is 14.4 Å². The molecule has 0 aliphatic carbocycles. The zero-order chi connectivity index (χ0) is 18.9. The number of carbonyl (C=O) groups is 2. The Kier molecular flexibility index (Phi) is 8.10. The molecule has 5 nitrogen and oxygen atoms in total. The van der Waals surface area contributed by atoms with Crippen LogP contribution >= 0.6 is 0 Å². The van der Waals surface area contributed by atoms with E-state index in [1.54, 1.807) is 17.0 Å². The van der Waals surface area contributed by atoms with Gasteiger partial charge in [0.25, 0.3) is 0 Å². The van der Waals surface area contributed by atoms with Crippen molar-refractivity contribution < 1.29 is 19.1 Å². The third-order valence-electron chi connectivity index (χ3n) is 4.53. The monoisotopic (exact) mass is 361 g/mol. The molecule has 1 aliphatic heterocycles. The predicted octanol–water partition coefficient (Wildman–Crippen LogP) is 3.85. The lowest BCUT2D eigenvalue weighted by atomic mass is 10.1. The van der Waals surface area contributed by atoms with Crippen molar-refractivity contribution >= 4 is 11.7 Å². The average Bonchev–Trinajstić information content (AvgIpc) is 2.62. The molecule has 1 aliphatic rings. The lowest BCUT2D eigenvalue weighted by molar-refractivity contribution is -0.143. The highest BCUT2D eigenvalue weighted by Gasteiger charge is 2.25. The summed E-state index contributed by atoms with van der Waals surface area (Å²) >= 11 is 0. The van der Waals surface area contributed by atoms with Gasteiger partial charge in [-0.25, -0.2) is 0 Å². The summed E-state index contributed by atoms with van der Waals surface area (Å²) in [6.07, 6.45) is 3.93. The third kappa shape index (κ3) is 6.45. The van der Waals surface area contributed by atoms with Gasteiger partial charge in [0.2, 0.25) is 5.91 Å². The molecule has 26 heavy (non-hydrogen) atoms. The van der Waals surface area contributed by atoms with Crippen molar-refractivity contribution in [3.8, 4) is 5.75 Å². The van der Waals surface area contributed by atoms with Crippen LogP contribution in [0.3, 0.4) is 0 Å². The molecule has 1 heterocycles. The Hall–Kier alpha value is -1.88. The number of unbranched alkanes of at least 4 members (excludes halogenated alkanes) is 2. The third-order valence-corrected chi connectivity index (χ3v) is 4.53. The minimum absolute atomic E-state index is 0.00904. The maximum atomic E-state index is 12.3. The maximum Gasteiger partial charge on any atom is 0.223 e. The Morgan fingerprint density at radius 3 is 2.35 bits per heavy atom. The number of carbonyl (C=O) groups excluding carboxylic acids is 2. The van der Waals surface area contributed by atoms with Crippen LogP contribution in [0.4, 0.5) is 0 Å². The summed E-state index contributed by atoms with van der Waals surface area (Å²) in [6.45, 7) is 7.99. The molecule has 1 aromatic rings. The highest BCUT2D eigenvalue weighted by atomic mass is 16.5. The van der Waals surface area contributed by atoms with E-state index >= 15 is 0 Å². The number of benzene rings is 1. The first-order valence-electron chi connectivity index (χ1n) is 9.69. The van der Waals surface area contributed by atoms with Crippen LogP contribution in [0.15, 0.2) is 24.3 Å². The normalized spacial score (nSPS) is 20.0. The number of hydrogen-bond donors (Lipinski definition) is 0. The molecule has 0 N–H and O–H groups in total. The first-order chi connectivity index (χ1) is 12.5. The highest BCUT2D eigenvalue weighted by Crippen LogP contribution is 2.16. The van der Waals surface area contributed by atoms with Crippen LogP contribution in [0.1, 0.15) is 63.2 Å². The Bertz CT molecular complexity index is 574. The number of Topliss-reactive ketones (excluding diaryl/α,β-unsaturated/α-hetero) is 1. The van der Waals surface area contributed by atoms with Crippen molar-refractivity contribution in [2.24, 2.45) is 0 Å². The summed E-state index contributed by atoms with van der Waals surface area (Å²) in [5.74, 6) is 0.798. The van der Waals surface area contributed by atoms with Gasteiger partial charge in [-0.05, 0) is 44.5 Å². The summed E-state index contributed by atoms with van der Waals surface area (Å²) in [7, 11) is 0. The Morgan fingerprint density at radius 2 is 1.73 bits per heavy atom. The average molecular weight is 361 g/mol. The number of ketones is 1. The Morgan fingerprint density at radius 1 is 1.08 bits per heavy atom. The molecule has 0 bridgehead atoms. The predicted molar refractivity (Wildman–Crippen MR) is 102 cm³/mol. The topological polar surface area (TPSA) is 55.8 Å². The van der Waals surface area contributed by atoms with Crippen molar-refractivity contribution in [1.82, 2.24) is 4.90 Å². The zero-order valence-electron chi connectivity index (χ0n) is 16.2. The van der Waals surface area contributed by atoms with Gasteiger partial charge in [0.1, 0.15) is 5.75 Å². The Labute approximate surface area is 156 Å². The molecule has 0 radical (unpaired) electrons. The number of hydrogen-bond acceptors (Lipinski definition) is 4. The summed E-state index contributed by atoms with van der Waals surface area (Å²) in [5.41, 5.74) is 0.627. The molecule has 1 amide bonds. The van der Waals surface area contributed by atoms with E-state index in [2.05, 4.69) is 6.92 Å². The van der Waals surface area contributed by atoms with E-state index in [1.165, 1.54) is 0 Å². The number of nitrogens with zero attached hydrogens (tertiary/aromatic N) is 1. The van der Waals surface area contributed by atoms with E-state index in [0.717, 1.165) is 25.0 Å². The Balaban J connectivity index is 1.77. The fourth-order valence-corrected chi connectivity index (χ4v) is 3.18. The van der Waals surface area contributed by atoms with E-state index in [4.69, 9.17) is 9.47 Å². The van der Waals surface area contributed by atoms with Crippen LogP contribution < -0.4 is 4.74 Å². The van der Waals surface area contributed by atoms with Crippen molar-refractivity contribution in [1.29, 1.82) is 0 Å². The molecular formula is C21H31NO4. The second-order valence-corrected chi connectivity index (χ2v) is 7.06. The largest absolute Gasteiger partial charge is 0.494 e. The van der Waals surface area contributed by atoms with Crippen molar-refractivity contribution in [3.05, 3.63) is 29.8 Å². The van der Waals surface area contributed by atoms with Crippen LogP contribution in [0, 0.1) is 0 Å². The number of amides is 1. The fourth-order valence-electron chi connectivity index (χ4n) is 3.18. The summed E-state index contributed by atoms with van der Waals surface area (Å²) in [4.78, 5) is 26.5. The van der Waals surface area contributed by atoms with Gasteiger partial charge in [-0.2, -0.15) is 0 Å². The van der Waals surface area contributed by atoms with Crippen molar-refractivity contribution in [2.75, 3.05) is 19.7 Å². The molecule has 1 aromatic carbocycles. The van der Waals surface area contributed by atoms with Crippen LogP contribution in [-0.4, -0.2) is 48.5 Å². The minimum Gasteiger partial charge on any atom is -0.494 e. The molecule has 0 spiro atoms. The molecular weight excluding hydrogens is 330 g/mol. The molecule has 1 fully saturated rings. The van der Waals surface area contributed by atoms with Crippen LogP contribution in [0.25, 0.3) is 0 Å². The van der Waals surface area contributed by atoms with Crippen LogP contribution in [0.5, 0.6) is 5.75 Å². The lowest BCUT2D eigenvalue weighted by Gasteiger charge is -2.35. The molecule has 144 valence electrons. The summed E-state index contributed by atoms with van der Waals surface area (Å²) < 4.78 is 11.3. The molecule has 0 saturated carbocycles. The standard InChI is InChI=1S/C21H31NO4/c1-4-5-6-13-25-19-9-7-18(8-10-19)20(23)11-12-21(24)22-14-16(2)26-17(3)15-22/h7-10,16-17H,4-6,11-15H2,1-3H3. The second-order valence-electron chi connectivity index (χ2n) is 7.06. The molecule has 2 unspecified atom stereocenters. The first kappa shape index (κ1) is 20.4. The van der Waals surface area contributed by atoms with E-state index in [9.17, 15) is 9.59 Å². The van der Waals surface area contributed by atoms with Gasteiger partial charge in [0, 0.05) is 31.5 Å². The van der Waals surface area contributed by atoms with Gasteiger partial charge in [-0.15, -0.1) is 0 Å². The number of morpholine rings is 1. The first-order valence-corrected chi connectivity index (χ1v) is 9.69. The lowest BCUT2D eigenvalue weighted by Crippen LogP contribution is -2.48. The second kappa shape index (κ2) is 10.3. The fraction of sp³-hybridized carbons (Fsp3) is 0.619. The van der Waals surface area contributed by atoms with E-state index in [-0.39, 0.29) is 36.7 Å². The highest BCUT2D eigenvalue weighted by molar-refractivity contribution is 5.98. The molecule has 1 saturated heterocycles. The number of ether oxygens (including phenoxy) is 2. The summed E-state index contributed by atoms with van der Waals surface area (Å²) in [5, 5.41) is 0. The van der Waals surface area contributed by atoms with Gasteiger partial charge in [0.05, 0.1) is 18.8 Å².